The maximum Gasteiger partial charge on any atom is 4.00 e. The Hall–Kier alpha value is -4.39. The third-order valence-electron chi connectivity index (χ3n) is 6.15. The van der Waals surface area contributed by atoms with Crippen molar-refractivity contribution in [2.75, 3.05) is 0 Å². The molecule has 0 N–H and O–H groups in total. The van der Waals surface area contributed by atoms with E-state index in [0.717, 1.165) is 0 Å². The number of carbonyl (C=O) groups is 3. The molecule has 0 atom stereocenters. The van der Waals surface area contributed by atoms with Crippen LogP contribution in [0.3, 0.4) is 0 Å². The van der Waals surface area contributed by atoms with Gasteiger partial charge in [0.05, 0.1) is 17.9 Å². The molecule has 0 aliphatic heterocycles. The molecule has 6 rings (SSSR count). The predicted octanol–water partition coefficient (Wildman–Crippen LogP) is 3.59. The molecule has 0 unspecified atom stereocenters. The van der Waals surface area contributed by atoms with Crippen LogP contribution in [0.25, 0.3) is 10.8 Å². The van der Waals surface area contributed by atoms with Crippen LogP contribution in [0, 0.1) is 0 Å². The van der Waals surface area contributed by atoms with Crippen LogP contribution in [-0.2, 0) is 34.6 Å². The van der Waals surface area contributed by atoms with E-state index < -0.39 is 17.9 Å². The summed E-state index contributed by atoms with van der Waals surface area (Å²) in [6.07, 6.45) is 5.34. The Bertz CT molecular complexity index is 1400. The molecule has 5 aromatic carbocycles. The second-order valence-electron chi connectivity index (χ2n) is 8.90. The molecular weight excluding hydrogens is 552 g/mol. The van der Waals surface area contributed by atoms with Gasteiger partial charge in [-0.25, -0.2) is 0 Å². The molecule has 0 radical (unpaired) electrons. The first-order chi connectivity index (χ1) is 19.4. The molecule has 0 spiro atoms. The van der Waals surface area contributed by atoms with Gasteiger partial charge in [-0.1, -0.05) is 116 Å². The van der Waals surface area contributed by atoms with Crippen molar-refractivity contribution in [2.45, 2.75) is 25.7 Å². The zero-order chi connectivity index (χ0) is 28.7. The summed E-state index contributed by atoms with van der Waals surface area (Å²) in [6.45, 7) is 0. The van der Waals surface area contributed by atoms with Gasteiger partial charge in [0.2, 0.25) is 0 Å². The minimum atomic E-state index is -1.13. The van der Waals surface area contributed by atoms with Gasteiger partial charge in [-0.05, 0) is 23.1 Å². The van der Waals surface area contributed by atoms with E-state index in [1.807, 2.05) is 0 Å². The van der Waals surface area contributed by atoms with Crippen LogP contribution in [0.15, 0.2) is 121 Å². The van der Waals surface area contributed by atoms with Gasteiger partial charge >= 0.3 is 21.7 Å². The molecule has 41 heavy (non-hydrogen) atoms. The number of aryl methyl sites for hydroxylation is 2. The minimum Gasteiger partial charge on any atom is -0.545 e. The maximum atomic E-state index is 10.1. The van der Waals surface area contributed by atoms with Crippen molar-refractivity contribution in [3.05, 3.63) is 149 Å². The number of hydrogen-bond acceptors (Lipinski definition) is 6. The monoisotopic (exact) mass is 580 g/mol. The van der Waals surface area contributed by atoms with Crippen LogP contribution >= 0.6 is 0 Å². The number of carbonyl (C=O) groups excluding carboxylic acids is 3. The van der Waals surface area contributed by atoms with Gasteiger partial charge < -0.3 is 29.7 Å². The van der Waals surface area contributed by atoms with Crippen molar-refractivity contribution in [1.29, 1.82) is 0 Å². The molecule has 0 amide bonds. The Morgan fingerprint density at radius 1 is 0.512 bits per heavy atom. The van der Waals surface area contributed by atoms with E-state index in [1.54, 1.807) is 65.7 Å². The molecule has 0 aromatic heterocycles. The predicted molar refractivity (Wildman–Crippen MR) is 149 cm³/mol. The first-order valence-corrected chi connectivity index (χ1v) is 12.8. The number of carboxylic acids is 3. The standard InChI is InChI=1S/C13H13.3C7H6O2.Ti/c1-3-7-12-10(5-1)9-11-6-2-4-8-13(11)12;3*8-7(9)6-4-2-1-3-5-6;/h1,3,5,7,9H,2,4,6,8H2;3*1-5H,(H,8,9);/q-1;;;;+4/p-3. The maximum absolute atomic E-state index is 10.1. The average molecular weight is 580 g/mol. The Balaban J connectivity index is 0.000000193. The average Bonchev–Trinajstić information content (AvgIpc) is 3.38. The molecule has 6 nitrogen and oxygen atoms in total. The fourth-order valence-electron chi connectivity index (χ4n) is 4.20. The van der Waals surface area contributed by atoms with Crippen LogP contribution in [0.1, 0.15) is 55.0 Å². The fourth-order valence-corrected chi connectivity index (χ4v) is 4.20. The van der Waals surface area contributed by atoms with Gasteiger partial charge in [0, 0.05) is 0 Å². The smallest absolute Gasteiger partial charge is 0.545 e. The summed E-state index contributed by atoms with van der Waals surface area (Å²) in [6, 6.07) is 35.3. The van der Waals surface area contributed by atoms with Crippen LogP contribution in [-0.4, -0.2) is 17.9 Å². The van der Waals surface area contributed by atoms with Gasteiger partial charge in [0.1, 0.15) is 0 Å². The third kappa shape index (κ3) is 10.6. The number of rotatable bonds is 3. The van der Waals surface area contributed by atoms with E-state index in [0.29, 0.717) is 0 Å². The summed E-state index contributed by atoms with van der Waals surface area (Å²) in [5, 5.41) is 33.2. The molecule has 0 saturated heterocycles. The van der Waals surface area contributed by atoms with Crippen molar-refractivity contribution in [3.8, 4) is 0 Å². The summed E-state index contributed by atoms with van der Waals surface area (Å²) in [4.78, 5) is 30.3. The van der Waals surface area contributed by atoms with E-state index in [4.69, 9.17) is 0 Å². The summed E-state index contributed by atoms with van der Waals surface area (Å²) in [7, 11) is 0. The Morgan fingerprint density at radius 3 is 1.27 bits per heavy atom. The summed E-state index contributed by atoms with van der Waals surface area (Å²) >= 11 is 0. The van der Waals surface area contributed by atoms with Crippen molar-refractivity contribution in [1.82, 2.24) is 0 Å². The first-order valence-electron chi connectivity index (χ1n) is 12.8. The zero-order valence-corrected chi connectivity index (χ0v) is 23.9. The van der Waals surface area contributed by atoms with Crippen molar-refractivity contribution >= 4 is 28.7 Å². The largest absolute Gasteiger partial charge is 4.00 e. The Morgan fingerprint density at radius 2 is 0.878 bits per heavy atom. The topological polar surface area (TPSA) is 120 Å². The van der Waals surface area contributed by atoms with Crippen LogP contribution < -0.4 is 15.3 Å². The molecular formula is C34H28O6Ti. The van der Waals surface area contributed by atoms with E-state index in [-0.39, 0.29) is 38.4 Å². The van der Waals surface area contributed by atoms with Crippen molar-refractivity contribution < 1.29 is 51.4 Å². The van der Waals surface area contributed by atoms with Crippen LogP contribution in [0.4, 0.5) is 0 Å². The molecule has 1 aliphatic carbocycles. The van der Waals surface area contributed by atoms with Gasteiger partial charge in [-0.2, -0.15) is 5.56 Å². The molecule has 0 saturated carbocycles. The normalized spacial score (nSPS) is 10.9. The minimum absolute atomic E-state index is 0. The molecule has 7 heteroatoms. The Kier molecular flexibility index (Phi) is 13.9. The molecule has 204 valence electrons. The number of aromatic carboxylic acids is 3. The number of benzene rings is 4. The van der Waals surface area contributed by atoms with Crippen LogP contribution in [0.5, 0.6) is 0 Å². The second kappa shape index (κ2) is 17.3. The van der Waals surface area contributed by atoms with E-state index in [1.165, 1.54) is 72.9 Å². The summed E-state index contributed by atoms with van der Waals surface area (Å²) in [5.41, 5.74) is 3.89. The van der Waals surface area contributed by atoms with Crippen LogP contribution in [0.2, 0.25) is 0 Å². The number of fused-ring (bicyclic) bond motifs is 3. The van der Waals surface area contributed by atoms with Crippen molar-refractivity contribution in [2.24, 2.45) is 0 Å². The third-order valence-corrected chi connectivity index (χ3v) is 6.15. The van der Waals surface area contributed by atoms with E-state index >= 15 is 0 Å². The summed E-state index contributed by atoms with van der Waals surface area (Å²) < 4.78 is 0. The number of carboxylic acid groups (broad SMARTS) is 3. The molecule has 5 aromatic rings. The zero-order valence-electron chi connectivity index (χ0n) is 22.3. The van der Waals surface area contributed by atoms with Gasteiger partial charge in [-0.3, -0.25) is 0 Å². The second-order valence-corrected chi connectivity index (χ2v) is 8.90. The van der Waals surface area contributed by atoms with Gasteiger partial charge in [0.25, 0.3) is 0 Å². The molecule has 0 fully saturated rings. The quantitative estimate of drug-likeness (QED) is 0.238. The van der Waals surface area contributed by atoms with Gasteiger partial charge in [-0.15, -0.1) is 40.6 Å². The molecule has 0 bridgehead atoms. The first kappa shape index (κ1) is 32.8. The Labute approximate surface area is 254 Å². The molecule has 0 heterocycles. The number of hydrogen-bond donors (Lipinski definition) is 0. The summed E-state index contributed by atoms with van der Waals surface area (Å²) in [5.74, 6) is -3.39. The van der Waals surface area contributed by atoms with E-state index in [2.05, 4.69) is 30.3 Å². The van der Waals surface area contributed by atoms with Crippen molar-refractivity contribution in [3.63, 3.8) is 0 Å². The molecule has 1 aliphatic rings. The van der Waals surface area contributed by atoms with Gasteiger partial charge in [0.15, 0.2) is 0 Å². The fraction of sp³-hybridized carbons (Fsp3) is 0.118. The van der Waals surface area contributed by atoms with E-state index in [9.17, 15) is 29.7 Å². The SMILES string of the molecule is O=C([O-])c1ccccc1.O=C([O-])c1ccccc1.O=C([O-])c1ccccc1.[Ti+4].c1ccc2c3c([cH-]c2c1)CCCC3.